The van der Waals surface area contributed by atoms with E-state index in [0.29, 0.717) is 6.54 Å². The number of carbonyl (C=O) groups excluding carboxylic acids is 3. The van der Waals surface area contributed by atoms with E-state index >= 15 is 0 Å². The summed E-state index contributed by atoms with van der Waals surface area (Å²) < 4.78 is 14.5. The van der Waals surface area contributed by atoms with Crippen molar-refractivity contribution in [1.82, 2.24) is 4.90 Å². The molecule has 0 saturated heterocycles. The Bertz CT molecular complexity index is 395. The highest BCUT2D eigenvalue weighted by molar-refractivity contribution is 5.81. The van der Waals surface area contributed by atoms with E-state index in [1.165, 1.54) is 6.92 Å². The van der Waals surface area contributed by atoms with E-state index in [9.17, 15) is 19.5 Å². The van der Waals surface area contributed by atoms with Gasteiger partial charge in [-0.15, -0.1) is 0 Å². The lowest BCUT2D eigenvalue weighted by Gasteiger charge is -2.18. The molecular weight excluding hydrogens is 294 g/mol. The number of aliphatic hydroxyl groups is 1. The van der Waals surface area contributed by atoms with Gasteiger partial charge in [0.15, 0.2) is 6.10 Å². The third kappa shape index (κ3) is 10.8. The minimum Gasteiger partial charge on any atom is -0.462 e. The minimum absolute atomic E-state index is 0.183. The van der Waals surface area contributed by atoms with Crippen molar-refractivity contribution in [2.24, 2.45) is 0 Å². The van der Waals surface area contributed by atoms with Crippen LogP contribution in [0.2, 0.25) is 0 Å². The maximum absolute atomic E-state index is 11.6. The molecule has 1 N–H and O–H groups in total. The van der Waals surface area contributed by atoms with Gasteiger partial charge in [-0.3, -0.25) is 9.59 Å². The SMILES string of the molecule is C=CC(=O)OCC(COC(=O)C[C@@H](O)CN(C)C)OC(C)=O. The lowest BCUT2D eigenvalue weighted by Crippen LogP contribution is -2.32. The van der Waals surface area contributed by atoms with Gasteiger partial charge in [0, 0.05) is 19.5 Å². The Labute approximate surface area is 129 Å². The first-order valence-corrected chi connectivity index (χ1v) is 6.69. The maximum atomic E-state index is 11.6. The molecule has 0 rings (SSSR count). The van der Waals surface area contributed by atoms with E-state index in [4.69, 9.17) is 14.2 Å². The Hall–Kier alpha value is -1.93. The van der Waals surface area contributed by atoms with E-state index < -0.39 is 30.1 Å². The fourth-order valence-corrected chi connectivity index (χ4v) is 1.51. The van der Waals surface area contributed by atoms with Gasteiger partial charge in [-0.25, -0.2) is 4.79 Å². The van der Waals surface area contributed by atoms with Crippen molar-refractivity contribution >= 4 is 17.9 Å². The number of likely N-dealkylation sites (N-methyl/N-ethyl adjacent to an activating group) is 1. The molecule has 2 atom stereocenters. The van der Waals surface area contributed by atoms with Crippen LogP contribution in [0.15, 0.2) is 12.7 Å². The predicted octanol–water partition coefficient (Wildman–Crippen LogP) is -0.497. The Kier molecular flexibility index (Phi) is 9.80. The molecule has 1 unspecified atom stereocenters. The number of nitrogens with zero attached hydrogens (tertiary/aromatic N) is 1. The summed E-state index contributed by atoms with van der Waals surface area (Å²) in [6.07, 6.45) is -0.976. The van der Waals surface area contributed by atoms with Gasteiger partial charge in [-0.2, -0.15) is 0 Å². The molecule has 0 bridgehead atoms. The molecule has 0 fully saturated rings. The quantitative estimate of drug-likeness (QED) is 0.327. The number of hydrogen-bond donors (Lipinski definition) is 1. The summed E-state index contributed by atoms with van der Waals surface area (Å²) >= 11 is 0. The van der Waals surface area contributed by atoms with Gasteiger partial charge < -0.3 is 24.2 Å². The summed E-state index contributed by atoms with van der Waals surface area (Å²) in [5.41, 5.74) is 0. The van der Waals surface area contributed by atoms with Crippen molar-refractivity contribution in [3.8, 4) is 0 Å². The highest BCUT2D eigenvalue weighted by atomic mass is 16.6. The minimum atomic E-state index is -0.906. The zero-order chi connectivity index (χ0) is 17.1. The van der Waals surface area contributed by atoms with E-state index in [1.807, 2.05) is 0 Å². The fourth-order valence-electron chi connectivity index (χ4n) is 1.51. The Balaban J connectivity index is 4.24. The van der Waals surface area contributed by atoms with Crippen LogP contribution >= 0.6 is 0 Å². The van der Waals surface area contributed by atoms with E-state index in [1.54, 1.807) is 19.0 Å². The second-order valence-corrected chi connectivity index (χ2v) is 4.87. The average Bonchev–Trinajstić information content (AvgIpc) is 2.39. The highest BCUT2D eigenvalue weighted by Crippen LogP contribution is 2.01. The van der Waals surface area contributed by atoms with Crippen LogP contribution in [0.4, 0.5) is 0 Å². The van der Waals surface area contributed by atoms with Gasteiger partial charge in [0.05, 0.1) is 12.5 Å². The van der Waals surface area contributed by atoms with Crippen LogP contribution in [0.1, 0.15) is 13.3 Å². The van der Waals surface area contributed by atoms with Gasteiger partial charge in [0.25, 0.3) is 0 Å². The van der Waals surface area contributed by atoms with Gasteiger partial charge in [0.2, 0.25) is 0 Å². The zero-order valence-corrected chi connectivity index (χ0v) is 13.1. The van der Waals surface area contributed by atoms with Crippen molar-refractivity contribution in [1.29, 1.82) is 0 Å². The Morgan fingerprint density at radius 3 is 2.32 bits per heavy atom. The van der Waals surface area contributed by atoms with Crippen LogP contribution in [0.3, 0.4) is 0 Å². The summed E-state index contributed by atoms with van der Waals surface area (Å²) in [4.78, 5) is 35.2. The molecule has 8 heteroatoms. The van der Waals surface area contributed by atoms with Crippen LogP contribution < -0.4 is 0 Å². The number of esters is 3. The van der Waals surface area contributed by atoms with Crippen molar-refractivity contribution < 1.29 is 33.7 Å². The predicted molar refractivity (Wildman–Crippen MR) is 76.8 cm³/mol. The van der Waals surface area contributed by atoms with Crippen LogP contribution in [0.5, 0.6) is 0 Å². The molecule has 126 valence electrons. The van der Waals surface area contributed by atoms with E-state index in [0.717, 1.165) is 6.08 Å². The van der Waals surface area contributed by atoms with Gasteiger partial charge >= 0.3 is 17.9 Å². The zero-order valence-electron chi connectivity index (χ0n) is 13.1. The number of carbonyl (C=O) groups is 3. The average molecular weight is 317 g/mol. The summed E-state index contributed by atoms with van der Waals surface area (Å²) in [5.74, 6) is -1.91. The van der Waals surface area contributed by atoms with Gasteiger partial charge in [0.1, 0.15) is 13.2 Å². The van der Waals surface area contributed by atoms with E-state index in [-0.39, 0.29) is 19.6 Å². The van der Waals surface area contributed by atoms with Crippen LogP contribution in [0.25, 0.3) is 0 Å². The van der Waals surface area contributed by atoms with E-state index in [2.05, 4.69) is 6.58 Å². The summed E-state index contributed by atoms with van der Waals surface area (Å²) in [6.45, 7) is 4.22. The molecule has 0 spiro atoms. The molecule has 0 aromatic rings. The fraction of sp³-hybridized carbons (Fsp3) is 0.643. The molecular formula is C14H23NO7. The number of hydrogen-bond acceptors (Lipinski definition) is 8. The molecule has 22 heavy (non-hydrogen) atoms. The first-order valence-electron chi connectivity index (χ1n) is 6.69. The second kappa shape index (κ2) is 10.7. The molecule has 0 saturated carbocycles. The maximum Gasteiger partial charge on any atom is 0.330 e. The topological polar surface area (TPSA) is 102 Å². The van der Waals surface area contributed by atoms with Gasteiger partial charge in [-0.05, 0) is 14.1 Å². The highest BCUT2D eigenvalue weighted by Gasteiger charge is 2.19. The molecule has 0 radical (unpaired) electrons. The monoisotopic (exact) mass is 317 g/mol. The largest absolute Gasteiger partial charge is 0.462 e. The van der Waals surface area contributed by atoms with Crippen LogP contribution in [-0.2, 0) is 28.6 Å². The number of ether oxygens (including phenoxy) is 3. The molecule has 0 heterocycles. The lowest BCUT2D eigenvalue weighted by molar-refractivity contribution is -0.164. The molecule has 0 amide bonds. The molecule has 0 aromatic heterocycles. The summed E-state index contributed by atoms with van der Waals surface area (Å²) in [5, 5.41) is 9.60. The third-order valence-electron chi connectivity index (χ3n) is 2.32. The van der Waals surface area contributed by atoms with Gasteiger partial charge in [-0.1, -0.05) is 6.58 Å². The second-order valence-electron chi connectivity index (χ2n) is 4.87. The molecule has 0 aliphatic rings. The van der Waals surface area contributed by atoms with Crippen molar-refractivity contribution in [3.05, 3.63) is 12.7 Å². The summed E-state index contributed by atoms with van der Waals surface area (Å²) in [6, 6.07) is 0. The number of rotatable bonds is 10. The number of aliphatic hydroxyl groups excluding tert-OH is 1. The van der Waals surface area contributed by atoms with Crippen LogP contribution in [-0.4, -0.2) is 74.0 Å². The molecule has 0 aliphatic heterocycles. The Morgan fingerprint density at radius 2 is 1.82 bits per heavy atom. The summed E-state index contributed by atoms with van der Waals surface area (Å²) in [7, 11) is 3.53. The normalized spacial score (nSPS) is 13.1. The first kappa shape index (κ1) is 20.1. The molecule has 8 nitrogen and oxygen atoms in total. The first-order chi connectivity index (χ1) is 10.2. The third-order valence-corrected chi connectivity index (χ3v) is 2.32. The van der Waals surface area contributed by atoms with Crippen molar-refractivity contribution in [2.75, 3.05) is 33.9 Å². The standard InChI is InChI=1S/C14H23NO7/c1-5-13(18)20-8-12(22-10(2)16)9-21-14(19)6-11(17)7-15(3)4/h5,11-12,17H,1,6-9H2,2-4H3/t11-,12?/m1/s1. The van der Waals surface area contributed by atoms with Crippen molar-refractivity contribution in [2.45, 2.75) is 25.6 Å². The van der Waals surface area contributed by atoms with Crippen molar-refractivity contribution in [3.63, 3.8) is 0 Å². The molecule has 0 aromatic carbocycles. The molecule has 0 aliphatic carbocycles. The lowest BCUT2D eigenvalue weighted by atomic mass is 10.2. The van der Waals surface area contributed by atoms with Crippen LogP contribution in [0, 0.1) is 0 Å². The smallest absolute Gasteiger partial charge is 0.330 e. The Morgan fingerprint density at radius 1 is 1.23 bits per heavy atom.